The quantitative estimate of drug-likeness (QED) is 0.635. The van der Waals surface area contributed by atoms with Gasteiger partial charge in [-0.2, -0.15) is 0 Å². The number of carbonyl (C=O) groups excluding carboxylic acids is 1. The number of amides is 1. The Kier molecular flexibility index (Phi) is 6.63. The van der Waals surface area contributed by atoms with Gasteiger partial charge in [-0.05, 0) is 53.6 Å². The Morgan fingerprint density at radius 1 is 1.44 bits per heavy atom. The van der Waals surface area contributed by atoms with Gasteiger partial charge >= 0.3 is 0 Å². The lowest BCUT2D eigenvalue weighted by atomic mass is 10.1. The van der Waals surface area contributed by atoms with E-state index < -0.39 is 0 Å². The maximum absolute atomic E-state index is 12.5. The molecule has 4 heteroatoms. The largest absolute Gasteiger partial charge is 0.339 e. The minimum atomic E-state index is 0.128. The Balaban J connectivity index is 2.92. The first-order valence-corrected chi connectivity index (χ1v) is 8.11. The van der Waals surface area contributed by atoms with Crippen molar-refractivity contribution in [3.63, 3.8) is 0 Å². The van der Waals surface area contributed by atoms with Crippen molar-refractivity contribution in [3.05, 3.63) is 31.8 Å². The molecular formula is C14H19BrINO. The van der Waals surface area contributed by atoms with E-state index >= 15 is 0 Å². The second-order valence-electron chi connectivity index (χ2n) is 4.48. The van der Waals surface area contributed by atoms with Gasteiger partial charge in [-0.25, -0.2) is 0 Å². The van der Waals surface area contributed by atoms with Crippen LogP contribution in [0.5, 0.6) is 0 Å². The van der Waals surface area contributed by atoms with Gasteiger partial charge in [0.25, 0.3) is 5.91 Å². The van der Waals surface area contributed by atoms with E-state index in [1.807, 2.05) is 30.0 Å². The van der Waals surface area contributed by atoms with Crippen molar-refractivity contribution in [2.24, 2.45) is 5.92 Å². The molecule has 2 nitrogen and oxygen atoms in total. The minimum Gasteiger partial charge on any atom is -0.339 e. The van der Waals surface area contributed by atoms with Crippen LogP contribution in [-0.4, -0.2) is 23.9 Å². The molecule has 1 rings (SSSR count). The molecule has 0 aliphatic heterocycles. The van der Waals surface area contributed by atoms with E-state index in [0.717, 1.165) is 33.1 Å². The van der Waals surface area contributed by atoms with Crippen molar-refractivity contribution in [2.75, 3.05) is 13.1 Å². The first-order valence-electron chi connectivity index (χ1n) is 6.23. The van der Waals surface area contributed by atoms with Gasteiger partial charge in [0.1, 0.15) is 0 Å². The van der Waals surface area contributed by atoms with Crippen LogP contribution in [-0.2, 0) is 0 Å². The highest BCUT2D eigenvalue weighted by atomic mass is 127. The Hall–Kier alpha value is -0.100. The average molecular weight is 424 g/mol. The van der Waals surface area contributed by atoms with E-state index in [1.54, 1.807) is 0 Å². The Labute approximate surface area is 131 Å². The van der Waals surface area contributed by atoms with E-state index in [4.69, 9.17) is 0 Å². The Morgan fingerprint density at radius 2 is 2.11 bits per heavy atom. The second-order valence-corrected chi connectivity index (χ2v) is 6.56. The molecule has 0 saturated heterocycles. The fraction of sp³-hybridized carbons (Fsp3) is 0.500. The minimum absolute atomic E-state index is 0.128. The lowest BCUT2D eigenvalue weighted by Crippen LogP contribution is -2.35. The predicted octanol–water partition coefficient (Wildman–Crippen LogP) is 4.56. The fourth-order valence-corrected chi connectivity index (χ4v) is 2.62. The van der Waals surface area contributed by atoms with Crippen molar-refractivity contribution in [1.82, 2.24) is 4.90 Å². The molecule has 0 radical (unpaired) electrons. The lowest BCUT2D eigenvalue weighted by Gasteiger charge is -2.24. The molecule has 0 aliphatic carbocycles. The summed E-state index contributed by atoms with van der Waals surface area (Å²) >= 11 is 5.64. The molecule has 100 valence electrons. The van der Waals surface area contributed by atoms with Gasteiger partial charge in [-0.1, -0.05) is 36.2 Å². The van der Waals surface area contributed by atoms with Crippen LogP contribution < -0.4 is 0 Å². The first-order chi connectivity index (χ1) is 8.49. The number of rotatable bonds is 5. The topological polar surface area (TPSA) is 20.3 Å². The van der Waals surface area contributed by atoms with Crippen molar-refractivity contribution in [2.45, 2.75) is 27.2 Å². The molecule has 0 saturated carbocycles. The van der Waals surface area contributed by atoms with Crippen LogP contribution in [0.1, 0.15) is 37.6 Å². The molecule has 0 heterocycles. The van der Waals surface area contributed by atoms with Gasteiger partial charge in [-0.15, -0.1) is 0 Å². The maximum atomic E-state index is 12.5. The molecule has 1 aromatic rings. The maximum Gasteiger partial charge on any atom is 0.254 e. The average Bonchev–Trinajstić information content (AvgIpc) is 2.37. The number of halogens is 2. The van der Waals surface area contributed by atoms with Gasteiger partial charge in [-0.3, -0.25) is 4.79 Å². The van der Waals surface area contributed by atoms with E-state index in [0.29, 0.717) is 5.92 Å². The van der Waals surface area contributed by atoms with Crippen molar-refractivity contribution in [3.8, 4) is 0 Å². The molecule has 18 heavy (non-hydrogen) atoms. The molecule has 1 aromatic carbocycles. The molecule has 1 amide bonds. The monoisotopic (exact) mass is 423 g/mol. The third-order valence-corrected chi connectivity index (χ3v) is 4.49. The summed E-state index contributed by atoms with van der Waals surface area (Å²) in [5.74, 6) is 0.669. The van der Waals surface area contributed by atoms with Gasteiger partial charge in [0.15, 0.2) is 0 Å². The summed E-state index contributed by atoms with van der Waals surface area (Å²) in [7, 11) is 0. The van der Waals surface area contributed by atoms with Crippen molar-refractivity contribution >= 4 is 44.4 Å². The molecule has 0 bridgehead atoms. The summed E-state index contributed by atoms with van der Waals surface area (Å²) in [4.78, 5) is 14.4. The molecule has 0 fully saturated rings. The third-order valence-electron chi connectivity index (χ3n) is 3.06. The van der Waals surface area contributed by atoms with Gasteiger partial charge in [0, 0.05) is 21.1 Å². The number of carbonyl (C=O) groups is 1. The molecule has 0 N–H and O–H groups in total. The predicted molar refractivity (Wildman–Crippen MR) is 87.9 cm³/mol. The number of benzene rings is 1. The fourth-order valence-electron chi connectivity index (χ4n) is 1.69. The molecule has 0 aromatic heterocycles. The standard InChI is InChI=1S/C14H19BrINO/c1-4-10(3)9-17(5-2)14(18)12-8-11(15)6-7-13(12)16/h6-8,10H,4-5,9H2,1-3H3. The molecule has 1 atom stereocenters. The van der Waals surface area contributed by atoms with Gasteiger partial charge in [0.05, 0.1) is 5.56 Å². The van der Waals surface area contributed by atoms with Crippen LogP contribution in [0.15, 0.2) is 22.7 Å². The van der Waals surface area contributed by atoms with Crippen LogP contribution in [0.2, 0.25) is 0 Å². The van der Waals surface area contributed by atoms with Crippen LogP contribution in [0.25, 0.3) is 0 Å². The molecule has 0 aliphatic rings. The summed E-state index contributed by atoms with van der Waals surface area (Å²) in [5, 5.41) is 0. The molecular weight excluding hydrogens is 405 g/mol. The van der Waals surface area contributed by atoms with E-state index in [2.05, 4.69) is 52.4 Å². The lowest BCUT2D eigenvalue weighted by molar-refractivity contribution is 0.0739. The summed E-state index contributed by atoms with van der Waals surface area (Å²) in [6, 6.07) is 5.84. The van der Waals surface area contributed by atoms with E-state index in [-0.39, 0.29) is 5.91 Å². The zero-order chi connectivity index (χ0) is 13.7. The molecule has 1 unspecified atom stereocenters. The van der Waals surface area contributed by atoms with Crippen LogP contribution >= 0.6 is 38.5 Å². The second kappa shape index (κ2) is 7.48. The highest BCUT2D eigenvalue weighted by Crippen LogP contribution is 2.20. The molecule has 0 spiro atoms. The summed E-state index contributed by atoms with van der Waals surface area (Å²) < 4.78 is 1.95. The highest BCUT2D eigenvalue weighted by molar-refractivity contribution is 14.1. The number of hydrogen-bond acceptors (Lipinski definition) is 1. The van der Waals surface area contributed by atoms with E-state index in [1.165, 1.54) is 0 Å². The van der Waals surface area contributed by atoms with Crippen molar-refractivity contribution in [1.29, 1.82) is 0 Å². The zero-order valence-electron chi connectivity index (χ0n) is 11.0. The summed E-state index contributed by atoms with van der Waals surface area (Å²) in [5.41, 5.74) is 0.787. The number of hydrogen-bond donors (Lipinski definition) is 0. The Bertz CT molecular complexity index is 422. The van der Waals surface area contributed by atoms with Crippen LogP contribution in [0.4, 0.5) is 0 Å². The van der Waals surface area contributed by atoms with Crippen molar-refractivity contribution < 1.29 is 4.79 Å². The summed E-state index contributed by atoms with van der Waals surface area (Å²) in [6.45, 7) is 7.96. The summed E-state index contributed by atoms with van der Waals surface area (Å²) in [6.07, 6.45) is 1.10. The van der Waals surface area contributed by atoms with Crippen LogP contribution in [0, 0.1) is 9.49 Å². The normalized spacial score (nSPS) is 12.3. The Morgan fingerprint density at radius 3 is 2.67 bits per heavy atom. The number of nitrogens with zero attached hydrogens (tertiary/aromatic N) is 1. The van der Waals surface area contributed by atoms with Crippen LogP contribution in [0.3, 0.4) is 0 Å². The zero-order valence-corrected chi connectivity index (χ0v) is 14.8. The third kappa shape index (κ3) is 4.23. The van der Waals surface area contributed by atoms with Gasteiger partial charge in [0.2, 0.25) is 0 Å². The van der Waals surface area contributed by atoms with E-state index in [9.17, 15) is 4.79 Å². The highest BCUT2D eigenvalue weighted by Gasteiger charge is 2.18. The SMILES string of the molecule is CCC(C)CN(CC)C(=O)c1cc(Br)ccc1I. The smallest absolute Gasteiger partial charge is 0.254 e. The van der Waals surface area contributed by atoms with Gasteiger partial charge < -0.3 is 4.90 Å². The first kappa shape index (κ1) is 16.0.